The van der Waals surface area contributed by atoms with Crippen LogP contribution in [0.2, 0.25) is 5.02 Å². The van der Waals surface area contributed by atoms with Crippen LogP contribution >= 0.6 is 11.6 Å². The second-order valence-electron chi connectivity index (χ2n) is 15.4. The fourth-order valence-corrected chi connectivity index (χ4v) is 9.75. The van der Waals surface area contributed by atoms with Crippen molar-refractivity contribution in [2.24, 2.45) is 17.8 Å². The van der Waals surface area contributed by atoms with E-state index >= 15 is 0 Å². The van der Waals surface area contributed by atoms with Crippen molar-refractivity contribution < 1.29 is 27.4 Å². The molecule has 4 aliphatic rings. The molecular weight excluding hydrogens is 700 g/mol. The Morgan fingerprint density at radius 2 is 1.87 bits per heavy atom. The molecule has 286 valence electrons. The molecule has 3 aliphatic heterocycles. The summed E-state index contributed by atoms with van der Waals surface area (Å²) in [5.41, 5.74) is 2.83. The minimum Gasteiger partial charge on any atom is -0.487 e. The van der Waals surface area contributed by atoms with E-state index in [-0.39, 0.29) is 11.8 Å². The smallest absolute Gasteiger partial charge is 0.264 e. The van der Waals surface area contributed by atoms with Gasteiger partial charge < -0.3 is 24.0 Å². The van der Waals surface area contributed by atoms with Gasteiger partial charge in [0, 0.05) is 63.5 Å². The number of fused-ring (bicyclic) bond motifs is 3. The number of halogens is 1. The lowest BCUT2D eigenvalue weighted by atomic mass is 9.64. The van der Waals surface area contributed by atoms with Gasteiger partial charge in [-0.15, -0.1) is 0 Å². The summed E-state index contributed by atoms with van der Waals surface area (Å²) in [6.07, 6.45) is 9.80. The van der Waals surface area contributed by atoms with Gasteiger partial charge in [0.15, 0.2) is 0 Å². The molecule has 52 heavy (non-hydrogen) atoms. The number of anilines is 1. The fraction of sp³-hybridized carbons (Fsp3) is 0.625. The third-order valence-electron chi connectivity index (χ3n) is 12.0. The van der Waals surface area contributed by atoms with E-state index in [9.17, 15) is 13.2 Å². The summed E-state index contributed by atoms with van der Waals surface area (Å²) in [5, 5.41) is -0.0697. The van der Waals surface area contributed by atoms with Crippen molar-refractivity contribution in [2.75, 3.05) is 78.1 Å². The number of aryl methyl sites for hydroxylation is 1. The summed E-state index contributed by atoms with van der Waals surface area (Å²) in [6.45, 7) is 11.6. The summed E-state index contributed by atoms with van der Waals surface area (Å²) in [4.78, 5) is 20.8. The van der Waals surface area contributed by atoms with Crippen LogP contribution in [-0.4, -0.2) is 108 Å². The Morgan fingerprint density at radius 3 is 2.62 bits per heavy atom. The number of carbonyl (C=O) groups excluding carboxylic acids is 1. The lowest BCUT2D eigenvalue weighted by Crippen LogP contribution is -2.56. The van der Waals surface area contributed by atoms with Crippen molar-refractivity contribution in [1.82, 2.24) is 14.5 Å². The molecule has 1 N–H and O–H groups in total. The van der Waals surface area contributed by atoms with Gasteiger partial charge in [0.25, 0.3) is 5.91 Å². The van der Waals surface area contributed by atoms with Crippen LogP contribution in [0.5, 0.6) is 5.75 Å². The highest BCUT2D eigenvalue weighted by molar-refractivity contribution is 7.90. The Hall–Kier alpha value is -2.67. The fourth-order valence-electron chi connectivity index (χ4n) is 8.27. The number of likely N-dealkylation sites (N-methyl/N-ethyl adjacent to an activating group) is 1. The van der Waals surface area contributed by atoms with Gasteiger partial charge in [-0.3, -0.25) is 9.69 Å². The number of morpholine rings is 1. The Labute approximate surface area is 315 Å². The molecule has 1 saturated carbocycles. The van der Waals surface area contributed by atoms with Crippen LogP contribution in [-0.2, 0) is 32.5 Å². The predicted molar refractivity (Wildman–Crippen MR) is 207 cm³/mol. The van der Waals surface area contributed by atoms with Gasteiger partial charge in [0.05, 0.1) is 24.2 Å². The highest BCUT2D eigenvalue weighted by Crippen LogP contribution is 2.46. The minimum absolute atomic E-state index is 0.227. The first-order valence-corrected chi connectivity index (χ1v) is 21.0. The topological polar surface area (TPSA) is 101 Å². The molecule has 0 spiro atoms. The Balaban J connectivity index is 1.35. The Kier molecular flexibility index (Phi) is 12.9. The molecule has 1 aliphatic carbocycles. The van der Waals surface area contributed by atoms with Crippen molar-refractivity contribution in [3.05, 3.63) is 70.3 Å². The second kappa shape index (κ2) is 17.2. The number of benzene rings is 2. The standard InChI is InChI=1S/C40H57ClN4O6S/c1-29-8-7-16-40(49-4,28-43(3)18-19-44-20-22-50-23-21-44)36-14-11-33(36)26-45-17-6-5-9-31-24-35(41)13-10-34(31)27-51-38-15-12-32(25-37(38)45)39(46)42-52(47,48)30(29)2/h7,10,12-13,15-16,24-25,29-30,33,36H,5-6,8-9,11,14,17-23,26-28H2,1-4H3,(H,42,46)/b16-7+/t29?,30-,33+,36-,40+/m1/s1. The zero-order chi connectivity index (χ0) is 36.9. The number of hydrogen-bond acceptors (Lipinski definition) is 9. The van der Waals surface area contributed by atoms with Gasteiger partial charge >= 0.3 is 0 Å². The van der Waals surface area contributed by atoms with Crippen LogP contribution < -0.4 is 14.4 Å². The number of nitrogens with zero attached hydrogens (tertiary/aromatic N) is 3. The molecule has 2 bridgehead atoms. The van der Waals surface area contributed by atoms with Crippen molar-refractivity contribution in [2.45, 2.75) is 69.8 Å². The number of allylic oxidation sites excluding steroid dienone is 1. The highest BCUT2D eigenvalue weighted by atomic mass is 35.5. The first-order valence-electron chi connectivity index (χ1n) is 19.0. The number of carbonyl (C=O) groups is 1. The molecule has 3 heterocycles. The third-order valence-corrected chi connectivity index (χ3v) is 14.1. The number of rotatable bonds is 6. The SMILES string of the molecule is CO[C@]1(CN(C)CCN2CCOCC2)/C=C/CC(C)[C@@H](C)S(=O)(=O)NC(=O)c2ccc3c(c2)N(CCCCc2cc(Cl)ccc2CO3)C[C@@H]2CC[C@H]21. The zero-order valence-corrected chi connectivity index (χ0v) is 32.9. The molecule has 10 nitrogen and oxygen atoms in total. The molecular formula is C40H57ClN4O6S. The quantitative estimate of drug-likeness (QED) is 0.368. The van der Waals surface area contributed by atoms with Gasteiger partial charge in [-0.2, -0.15) is 0 Å². The average molecular weight is 757 g/mol. The lowest BCUT2D eigenvalue weighted by Gasteiger charge is -2.51. The summed E-state index contributed by atoms with van der Waals surface area (Å²) >= 11 is 6.40. The number of ether oxygens (including phenoxy) is 3. The van der Waals surface area contributed by atoms with Crippen LogP contribution in [0.4, 0.5) is 5.69 Å². The van der Waals surface area contributed by atoms with Crippen LogP contribution in [0.1, 0.15) is 67.4 Å². The molecule has 0 aromatic heterocycles. The molecule has 5 atom stereocenters. The van der Waals surface area contributed by atoms with Gasteiger partial charge in [0.2, 0.25) is 10.0 Å². The van der Waals surface area contributed by atoms with Crippen molar-refractivity contribution >= 4 is 33.2 Å². The van der Waals surface area contributed by atoms with E-state index in [2.05, 4.69) is 38.6 Å². The summed E-state index contributed by atoms with van der Waals surface area (Å²) < 4.78 is 48.2. The van der Waals surface area contributed by atoms with Gasteiger partial charge in [-0.25, -0.2) is 13.1 Å². The molecule has 12 heteroatoms. The van der Waals surface area contributed by atoms with E-state index in [1.165, 1.54) is 5.56 Å². The number of hydrogen-bond donors (Lipinski definition) is 1. The number of amides is 1. The zero-order valence-electron chi connectivity index (χ0n) is 31.3. The lowest BCUT2D eigenvalue weighted by molar-refractivity contribution is -0.0894. The van der Waals surface area contributed by atoms with E-state index < -0.39 is 26.8 Å². The van der Waals surface area contributed by atoms with Gasteiger partial charge in [-0.05, 0) is 112 Å². The maximum Gasteiger partial charge on any atom is 0.264 e. The predicted octanol–water partition coefficient (Wildman–Crippen LogP) is 5.78. The monoisotopic (exact) mass is 756 g/mol. The van der Waals surface area contributed by atoms with E-state index in [1.54, 1.807) is 13.0 Å². The molecule has 1 saturated heterocycles. The van der Waals surface area contributed by atoms with E-state index in [0.717, 1.165) is 102 Å². The first-order chi connectivity index (χ1) is 25.0. The van der Waals surface area contributed by atoms with E-state index in [0.29, 0.717) is 35.3 Å². The summed E-state index contributed by atoms with van der Waals surface area (Å²) in [7, 11) is 0.0444. The van der Waals surface area contributed by atoms with Crippen molar-refractivity contribution in [3.63, 3.8) is 0 Å². The number of sulfonamides is 1. The molecule has 1 unspecified atom stereocenters. The maximum atomic E-state index is 13.6. The largest absolute Gasteiger partial charge is 0.487 e. The van der Waals surface area contributed by atoms with Crippen molar-refractivity contribution in [1.29, 1.82) is 0 Å². The summed E-state index contributed by atoms with van der Waals surface area (Å²) in [6, 6.07) is 11.3. The van der Waals surface area contributed by atoms with Crippen LogP contribution in [0.3, 0.4) is 0 Å². The normalized spacial score (nSPS) is 29.4. The molecule has 2 aromatic rings. The van der Waals surface area contributed by atoms with Crippen molar-refractivity contribution in [3.8, 4) is 5.75 Å². The molecule has 0 radical (unpaired) electrons. The Bertz CT molecular complexity index is 1680. The van der Waals surface area contributed by atoms with Crippen LogP contribution in [0.25, 0.3) is 0 Å². The first kappa shape index (κ1) is 39.0. The van der Waals surface area contributed by atoms with Crippen LogP contribution in [0, 0.1) is 17.8 Å². The molecule has 2 fully saturated rings. The molecule has 1 amide bonds. The second-order valence-corrected chi connectivity index (χ2v) is 17.9. The number of methoxy groups -OCH3 is 1. The molecule has 2 aromatic carbocycles. The maximum absolute atomic E-state index is 13.6. The third kappa shape index (κ3) is 9.16. The summed E-state index contributed by atoms with van der Waals surface area (Å²) in [5.74, 6) is 0.410. The molecule has 6 rings (SSSR count). The minimum atomic E-state index is -3.96. The van der Waals surface area contributed by atoms with Gasteiger partial charge in [0.1, 0.15) is 18.0 Å². The number of nitrogens with one attached hydrogen (secondary N) is 1. The van der Waals surface area contributed by atoms with Crippen LogP contribution in [0.15, 0.2) is 48.6 Å². The van der Waals surface area contributed by atoms with E-state index in [1.807, 2.05) is 44.4 Å². The van der Waals surface area contributed by atoms with Gasteiger partial charge in [-0.1, -0.05) is 36.7 Å². The van der Waals surface area contributed by atoms with E-state index in [4.69, 9.17) is 25.8 Å². The Morgan fingerprint density at radius 1 is 1.06 bits per heavy atom. The average Bonchev–Trinajstić information content (AvgIpc) is 3.15. The highest BCUT2D eigenvalue weighted by Gasteiger charge is 2.48.